The Balaban J connectivity index is 1.34. The minimum atomic E-state index is -0.193. The minimum absolute atomic E-state index is 0.154. The van der Waals surface area contributed by atoms with Gasteiger partial charge in [0.1, 0.15) is 12.4 Å². The Bertz CT molecular complexity index is 792. The molecule has 0 spiro atoms. The Morgan fingerprint density at radius 2 is 1.81 bits per heavy atom. The Morgan fingerprint density at radius 3 is 2.38 bits per heavy atom. The van der Waals surface area contributed by atoms with Crippen LogP contribution in [0.4, 0.5) is 4.39 Å². The molecule has 5 nitrogen and oxygen atoms in total. The summed E-state index contributed by atoms with van der Waals surface area (Å²) in [5.74, 6) is 1.52. The molecular formula is C26H37FN2O3. The Morgan fingerprint density at radius 1 is 1.19 bits per heavy atom. The molecular weight excluding hydrogens is 407 g/mol. The smallest absolute Gasteiger partial charge is 0.226 e. The number of halogens is 1. The van der Waals surface area contributed by atoms with Crippen LogP contribution in [0.1, 0.15) is 63.9 Å². The van der Waals surface area contributed by atoms with E-state index in [4.69, 9.17) is 15.2 Å². The third-order valence-corrected chi connectivity index (χ3v) is 8.37. The van der Waals surface area contributed by atoms with Gasteiger partial charge in [0.25, 0.3) is 0 Å². The van der Waals surface area contributed by atoms with E-state index in [1.54, 1.807) is 0 Å². The predicted octanol–water partition coefficient (Wildman–Crippen LogP) is 4.40. The van der Waals surface area contributed by atoms with Gasteiger partial charge in [-0.3, -0.25) is 4.79 Å². The zero-order valence-corrected chi connectivity index (χ0v) is 19.2. The molecule has 3 aliphatic carbocycles. The lowest BCUT2D eigenvalue weighted by atomic mass is 9.51. The van der Waals surface area contributed by atoms with Gasteiger partial charge in [-0.1, -0.05) is 12.1 Å². The Kier molecular flexibility index (Phi) is 7.21. The van der Waals surface area contributed by atoms with E-state index in [1.807, 2.05) is 12.1 Å². The van der Waals surface area contributed by atoms with E-state index in [2.05, 4.69) is 24.4 Å². The second kappa shape index (κ2) is 9.92. The second-order valence-corrected chi connectivity index (χ2v) is 10.1. The molecule has 4 fully saturated rings. The van der Waals surface area contributed by atoms with Crippen molar-refractivity contribution in [1.82, 2.24) is 5.32 Å². The third kappa shape index (κ3) is 4.72. The second-order valence-electron chi connectivity index (χ2n) is 10.1. The molecule has 1 unspecified atom stereocenters. The number of amides is 1. The van der Waals surface area contributed by atoms with Crippen molar-refractivity contribution in [3.05, 3.63) is 41.7 Å². The van der Waals surface area contributed by atoms with E-state index in [9.17, 15) is 9.18 Å². The molecule has 4 aliphatic rings. The van der Waals surface area contributed by atoms with Gasteiger partial charge in [0, 0.05) is 36.8 Å². The number of hydrogen-bond donors (Lipinski definition) is 2. The first kappa shape index (κ1) is 23.2. The van der Waals surface area contributed by atoms with Crippen molar-refractivity contribution in [1.29, 1.82) is 0 Å². The van der Waals surface area contributed by atoms with Crippen LogP contribution in [0.15, 0.2) is 36.2 Å². The van der Waals surface area contributed by atoms with Crippen molar-refractivity contribution in [3.8, 4) is 5.75 Å². The molecule has 1 atom stereocenters. The summed E-state index contributed by atoms with van der Waals surface area (Å²) in [7, 11) is 0. The maximum Gasteiger partial charge on any atom is 0.226 e. The SMILES string of the molecule is CC(NC(=O)C12CCC(c3ccc(OCC(=CF)CN)cc3)(CC1)CC2)C1CCOCC1. The van der Waals surface area contributed by atoms with E-state index < -0.39 is 0 Å². The summed E-state index contributed by atoms with van der Waals surface area (Å²) in [5.41, 5.74) is 7.22. The molecule has 6 heteroatoms. The molecule has 1 aliphatic heterocycles. The van der Waals surface area contributed by atoms with Gasteiger partial charge in [-0.25, -0.2) is 4.39 Å². The Labute approximate surface area is 190 Å². The summed E-state index contributed by atoms with van der Waals surface area (Å²) in [6.45, 7) is 4.10. The quantitative estimate of drug-likeness (QED) is 0.623. The number of carbonyl (C=O) groups excluding carboxylic acids is 1. The van der Waals surface area contributed by atoms with Crippen molar-refractivity contribution in [2.75, 3.05) is 26.4 Å². The molecule has 3 N–H and O–H groups in total. The van der Waals surface area contributed by atoms with E-state index in [0.717, 1.165) is 70.3 Å². The van der Waals surface area contributed by atoms with E-state index >= 15 is 0 Å². The highest BCUT2D eigenvalue weighted by Gasteiger charge is 2.53. The third-order valence-electron chi connectivity index (χ3n) is 8.37. The molecule has 3 saturated carbocycles. The molecule has 1 amide bonds. The fraction of sp³-hybridized carbons (Fsp3) is 0.654. The van der Waals surface area contributed by atoms with Crippen LogP contribution in [0.5, 0.6) is 5.75 Å². The lowest BCUT2D eigenvalue weighted by Crippen LogP contribution is -2.54. The zero-order chi connectivity index (χ0) is 22.6. The van der Waals surface area contributed by atoms with Gasteiger partial charge in [-0.15, -0.1) is 0 Å². The first-order chi connectivity index (χ1) is 15.5. The van der Waals surface area contributed by atoms with Gasteiger partial charge in [0.05, 0.1) is 6.33 Å². The monoisotopic (exact) mass is 444 g/mol. The molecule has 1 saturated heterocycles. The number of fused-ring (bicyclic) bond motifs is 3. The van der Waals surface area contributed by atoms with E-state index in [0.29, 0.717) is 17.8 Å². The molecule has 2 bridgehead atoms. The zero-order valence-electron chi connectivity index (χ0n) is 19.2. The summed E-state index contributed by atoms with van der Waals surface area (Å²) in [6.07, 6.45) is 8.61. The van der Waals surface area contributed by atoms with Crippen molar-refractivity contribution < 1.29 is 18.7 Å². The molecule has 32 heavy (non-hydrogen) atoms. The van der Waals surface area contributed by atoms with E-state index in [1.165, 1.54) is 5.56 Å². The highest BCUT2D eigenvalue weighted by Crippen LogP contribution is 2.58. The average molecular weight is 445 g/mol. The van der Waals surface area contributed by atoms with Gasteiger partial charge in [0.15, 0.2) is 0 Å². The van der Waals surface area contributed by atoms with Crippen LogP contribution in [-0.4, -0.2) is 38.3 Å². The summed E-state index contributed by atoms with van der Waals surface area (Å²) < 4.78 is 23.8. The fourth-order valence-corrected chi connectivity index (χ4v) is 5.87. The van der Waals surface area contributed by atoms with Crippen LogP contribution in [0.3, 0.4) is 0 Å². The molecule has 1 heterocycles. The minimum Gasteiger partial charge on any atom is -0.489 e. The number of hydrogen-bond acceptors (Lipinski definition) is 4. The summed E-state index contributed by atoms with van der Waals surface area (Å²) >= 11 is 0. The van der Waals surface area contributed by atoms with Crippen LogP contribution in [-0.2, 0) is 14.9 Å². The van der Waals surface area contributed by atoms with Gasteiger partial charge >= 0.3 is 0 Å². The number of benzene rings is 1. The first-order valence-corrected chi connectivity index (χ1v) is 12.1. The molecule has 0 radical (unpaired) electrons. The topological polar surface area (TPSA) is 73.6 Å². The van der Waals surface area contributed by atoms with E-state index in [-0.39, 0.29) is 35.9 Å². The normalized spacial score (nSPS) is 29.5. The first-order valence-electron chi connectivity index (χ1n) is 12.1. The lowest BCUT2D eigenvalue weighted by molar-refractivity contribution is -0.139. The van der Waals surface area contributed by atoms with Crippen molar-refractivity contribution in [3.63, 3.8) is 0 Å². The summed E-state index contributed by atoms with van der Waals surface area (Å²) in [6, 6.07) is 8.43. The molecule has 176 valence electrons. The van der Waals surface area contributed by atoms with Crippen LogP contribution in [0.2, 0.25) is 0 Å². The van der Waals surface area contributed by atoms with Crippen LogP contribution in [0, 0.1) is 11.3 Å². The lowest BCUT2D eigenvalue weighted by Gasteiger charge is -2.53. The van der Waals surface area contributed by atoms with Gasteiger partial charge in [-0.2, -0.15) is 0 Å². The molecule has 1 aromatic carbocycles. The number of carbonyl (C=O) groups is 1. The largest absolute Gasteiger partial charge is 0.489 e. The van der Waals surface area contributed by atoms with Gasteiger partial charge in [-0.05, 0) is 87.3 Å². The van der Waals surface area contributed by atoms with Crippen LogP contribution in [0.25, 0.3) is 0 Å². The maximum absolute atomic E-state index is 13.3. The summed E-state index contributed by atoms with van der Waals surface area (Å²) in [4.78, 5) is 13.3. The molecule has 0 aromatic heterocycles. The van der Waals surface area contributed by atoms with Crippen molar-refractivity contribution in [2.45, 2.75) is 69.7 Å². The predicted molar refractivity (Wildman–Crippen MR) is 123 cm³/mol. The highest BCUT2D eigenvalue weighted by atomic mass is 19.1. The average Bonchev–Trinajstić information content (AvgIpc) is 2.86. The van der Waals surface area contributed by atoms with Gasteiger partial charge in [0.2, 0.25) is 5.91 Å². The van der Waals surface area contributed by atoms with Crippen molar-refractivity contribution in [2.24, 2.45) is 17.1 Å². The number of nitrogens with two attached hydrogens (primary N) is 1. The van der Waals surface area contributed by atoms with Crippen LogP contribution >= 0.6 is 0 Å². The Hall–Kier alpha value is -1.92. The molecule has 5 rings (SSSR count). The van der Waals surface area contributed by atoms with Gasteiger partial charge < -0.3 is 20.5 Å². The standard InChI is InChI=1S/C26H37FN2O3/c1-19(21-6-14-31-15-7-21)29-24(30)26-11-8-25(9-12-26,10-13-26)22-2-4-23(5-3-22)32-18-20(16-27)17-28/h2-5,16,19,21H,6-15,17-18,28H2,1H3,(H,29,30). The fourth-order valence-electron chi connectivity index (χ4n) is 5.87. The maximum atomic E-state index is 13.3. The number of rotatable bonds is 8. The number of ether oxygens (including phenoxy) is 2. The highest BCUT2D eigenvalue weighted by molar-refractivity contribution is 5.83. The van der Waals surface area contributed by atoms with Crippen molar-refractivity contribution >= 4 is 5.91 Å². The summed E-state index contributed by atoms with van der Waals surface area (Å²) in [5, 5.41) is 3.38. The number of nitrogens with one attached hydrogen (secondary N) is 1. The molecule has 1 aromatic rings. The van der Waals surface area contributed by atoms with Crippen LogP contribution < -0.4 is 15.8 Å².